The number of rotatable bonds is 6. The smallest absolute Gasteiger partial charge is 0.170 e. The zero-order chi connectivity index (χ0) is 9.56. The monoisotopic (exact) mass is 168 g/mol. The van der Waals surface area contributed by atoms with Gasteiger partial charge in [-0.1, -0.05) is 20.3 Å². The van der Waals surface area contributed by atoms with Crippen molar-refractivity contribution < 1.29 is 4.58 Å². The summed E-state index contributed by atoms with van der Waals surface area (Å²) in [5, 5.41) is 0. The van der Waals surface area contributed by atoms with E-state index in [0.717, 1.165) is 18.2 Å². The molecule has 0 bridgehead atoms. The van der Waals surface area contributed by atoms with Gasteiger partial charge < -0.3 is 0 Å². The third kappa shape index (κ3) is 5.11. The van der Waals surface area contributed by atoms with Gasteiger partial charge in [0.05, 0.1) is 0 Å². The quantitative estimate of drug-likeness (QED) is 0.423. The molecule has 0 amide bonds. The van der Waals surface area contributed by atoms with Crippen molar-refractivity contribution in [1.29, 1.82) is 0 Å². The molecule has 0 spiro atoms. The van der Waals surface area contributed by atoms with Crippen LogP contribution >= 0.6 is 0 Å². The van der Waals surface area contributed by atoms with Gasteiger partial charge in [-0.05, 0) is 18.9 Å². The van der Waals surface area contributed by atoms with Gasteiger partial charge in [-0.25, -0.2) is 4.58 Å². The Kier molecular flexibility index (Phi) is 5.69. The van der Waals surface area contributed by atoms with Gasteiger partial charge in [0.2, 0.25) is 0 Å². The molecule has 12 heavy (non-hydrogen) atoms. The van der Waals surface area contributed by atoms with Gasteiger partial charge in [0, 0.05) is 13.3 Å². The summed E-state index contributed by atoms with van der Waals surface area (Å²) in [6.07, 6.45) is 3.81. The summed E-state index contributed by atoms with van der Waals surface area (Å²) in [6, 6.07) is 0. The maximum absolute atomic E-state index is 3.89. The Morgan fingerprint density at radius 2 is 2.08 bits per heavy atom. The second-order valence-corrected chi connectivity index (χ2v) is 3.65. The van der Waals surface area contributed by atoms with Crippen LogP contribution in [-0.2, 0) is 0 Å². The average Bonchev–Trinajstić information content (AvgIpc) is 2.03. The lowest BCUT2D eigenvalue weighted by atomic mass is 10.0. The molecule has 0 aromatic rings. The van der Waals surface area contributed by atoms with Crippen molar-refractivity contribution in [2.24, 2.45) is 5.92 Å². The molecule has 1 nitrogen and oxygen atoms in total. The van der Waals surface area contributed by atoms with Gasteiger partial charge >= 0.3 is 0 Å². The number of allylic oxidation sites excluding steroid dienone is 1. The van der Waals surface area contributed by atoms with Crippen LogP contribution < -0.4 is 0 Å². The van der Waals surface area contributed by atoms with Gasteiger partial charge in [-0.2, -0.15) is 0 Å². The fraction of sp³-hybridized carbons (Fsp3) is 0.727. The first-order valence-electron chi connectivity index (χ1n) is 4.81. The van der Waals surface area contributed by atoms with Crippen molar-refractivity contribution in [3.63, 3.8) is 0 Å². The summed E-state index contributed by atoms with van der Waals surface area (Å²) < 4.78 is 1.97. The molecule has 0 fully saturated rings. The van der Waals surface area contributed by atoms with E-state index in [2.05, 4.69) is 27.1 Å². The molecule has 0 aliphatic rings. The summed E-state index contributed by atoms with van der Waals surface area (Å²) in [7, 11) is 0. The molecule has 70 valence electrons. The Morgan fingerprint density at radius 3 is 2.50 bits per heavy atom. The predicted molar refractivity (Wildman–Crippen MR) is 55.8 cm³/mol. The summed E-state index contributed by atoms with van der Waals surface area (Å²) in [5.74, 6) is 0.850. The number of hydrogen-bond acceptors (Lipinski definition) is 0. The van der Waals surface area contributed by atoms with E-state index < -0.39 is 0 Å². The molecule has 0 rings (SSSR count). The Hall–Kier alpha value is -0.590. The summed E-state index contributed by atoms with van der Waals surface area (Å²) >= 11 is 0. The molecule has 0 N–H and O–H groups in total. The van der Waals surface area contributed by atoms with E-state index >= 15 is 0 Å². The van der Waals surface area contributed by atoms with Crippen LogP contribution in [-0.4, -0.2) is 17.8 Å². The maximum Gasteiger partial charge on any atom is 0.170 e. The van der Waals surface area contributed by atoms with Crippen molar-refractivity contribution in [2.45, 2.75) is 40.0 Å². The SMILES string of the molecule is C=C(C)[N+](=C)CCCC(C)CC. The number of hydrogen-bond donors (Lipinski definition) is 0. The first kappa shape index (κ1) is 11.4. The molecule has 1 heteroatoms. The van der Waals surface area contributed by atoms with E-state index in [1.54, 1.807) is 0 Å². The minimum absolute atomic E-state index is 0.850. The van der Waals surface area contributed by atoms with Gasteiger partial charge in [-0.15, -0.1) is 0 Å². The second kappa shape index (κ2) is 5.99. The predicted octanol–water partition coefficient (Wildman–Crippen LogP) is 3.06. The van der Waals surface area contributed by atoms with Gasteiger partial charge in [0.1, 0.15) is 13.3 Å². The minimum Gasteiger partial charge on any atom is -0.210 e. The fourth-order valence-corrected chi connectivity index (χ4v) is 1.03. The van der Waals surface area contributed by atoms with E-state index in [0.29, 0.717) is 0 Å². The Bertz CT molecular complexity index is 158. The molecule has 1 atom stereocenters. The molecular weight excluding hydrogens is 146 g/mol. The molecule has 0 aromatic carbocycles. The van der Waals surface area contributed by atoms with Crippen LogP contribution in [0.1, 0.15) is 40.0 Å². The van der Waals surface area contributed by atoms with Crippen molar-refractivity contribution >= 4 is 6.72 Å². The van der Waals surface area contributed by atoms with Crippen molar-refractivity contribution in [2.75, 3.05) is 6.54 Å². The minimum atomic E-state index is 0.850. The topological polar surface area (TPSA) is 3.01 Å². The third-order valence-corrected chi connectivity index (χ3v) is 2.36. The van der Waals surface area contributed by atoms with Crippen LogP contribution in [0.3, 0.4) is 0 Å². The van der Waals surface area contributed by atoms with Gasteiger partial charge in [0.15, 0.2) is 5.70 Å². The lowest BCUT2D eigenvalue weighted by Crippen LogP contribution is -2.09. The van der Waals surface area contributed by atoms with Gasteiger partial charge in [-0.3, -0.25) is 0 Å². The standard InChI is InChI=1S/C11H22N/c1-6-11(4)8-7-9-12(5)10(2)3/h11H,2,5-9H2,1,3-4H3/q+1. The van der Waals surface area contributed by atoms with E-state index in [1.807, 2.05) is 11.5 Å². The molecule has 0 saturated heterocycles. The van der Waals surface area contributed by atoms with Crippen LogP contribution in [0, 0.1) is 5.92 Å². The van der Waals surface area contributed by atoms with Crippen LogP contribution in [0.25, 0.3) is 0 Å². The van der Waals surface area contributed by atoms with Crippen molar-refractivity contribution in [3.05, 3.63) is 12.3 Å². The molecule has 0 saturated carbocycles. The summed E-state index contributed by atoms with van der Waals surface area (Å²) in [4.78, 5) is 0. The first-order valence-corrected chi connectivity index (χ1v) is 4.81. The number of nitrogens with zero attached hydrogens (tertiary/aromatic N) is 1. The van der Waals surface area contributed by atoms with E-state index in [-0.39, 0.29) is 0 Å². The summed E-state index contributed by atoms with van der Waals surface area (Å²) in [6.45, 7) is 15.3. The lowest BCUT2D eigenvalue weighted by molar-refractivity contribution is -0.468. The zero-order valence-corrected chi connectivity index (χ0v) is 8.77. The van der Waals surface area contributed by atoms with Crippen LogP contribution in [0.5, 0.6) is 0 Å². The van der Waals surface area contributed by atoms with E-state index in [1.165, 1.54) is 19.3 Å². The normalized spacial score (nSPS) is 12.6. The average molecular weight is 168 g/mol. The van der Waals surface area contributed by atoms with Crippen LogP contribution in [0.2, 0.25) is 0 Å². The molecule has 0 aliphatic carbocycles. The molecule has 0 aliphatic heterocycles. The first-order chi connectivity index (χ1) is 5.57. The van der Waals surface area contributed by atoms with Crippen molar-refractivity contribution in [1.82, 2.24) is 0 Å². The third-order valence-electron chi connectivity index (χ3n) is 2.36. The van der Waals surface area contributed by atoms with Gasteiger partial charge in [0.25, 0.3) is 0 Å². The highest BCUT2D eigenvalue weighted by atomic mass is 15.0. The Balaban J connectivity index is 3.44. The Labute approximate surface area is 76.8 Å². The zero-order valence-electron chi connectivity index (χ0n) is 8.77. The van der Waals surface area contributed by atoms with Crippen LogP contribution in [0.15, 0.2) is 12.3 Å². The lowest BCUT2D eigenvalue weighted by Gasteiger charge is -2.06. The van der Waals surface area contributed by atoms with E-state index in [4.69, 9.17) is 0 Å². The second-order valence-electron chi connectivity index (χ2n) is 3.65. The molecule has 0 aromatic heterocycles. The molecular formula is C11H22N+. The fourth-order valence-electron chi connectivity index (χ4n) is 1.03. The highest BCUT2D eigenvalue weighted by molar-refractivity contribution is 5.16. The van der Waals surface area contributed by atoms with Crippen molar-refractivity contribution in [3.8, 4) is 0 Å². The largest absolute Gasteiger partial charge is 0.210 e. The molecule has 1 unspecified atom stereocenters. The van der Waals surface area contributed by atoms with E-state index in [9.17, 15) is 0 Å². The molecule has 0 heterocycles. The highest BCUT2D eigenvalue weighted by Gasteiger charge is 2.03. The highest BCUT2D eigenvalue weighted by Crippen LogP contribution is 2.09. The summed E-state index contributed by atoms with van der Waals surface area (Å²) in [5.41, 5.74) is 1.05. The molecule has 0 radical (unpaired) electrons. The Morgan fingerprint density at radius 1 is 1.50 bits per heavy atom. The van der Waals surface area contributed by atoms with Crippen LogP contribution in [0.4, 0.5) is 0 Å². The maximum atomic E-state index is 3.89.